The van der Waals surface area contributed by atoms with E-state index in [1.54, 1.807) is 6.20 Å². The fourth-order valence-electron chi connectivity index (χ4n) is 3.07. The zero-order valence-electron chi connectivity index (χ0n) is 17.2. The van der Waals surface area contributed by atoms with Crippen LogP contribution >= 0.6 is 11.6 Å². The molecule has 0 N–H and O–H groups in total. The average molecular weight is 411 g/mol. The standard InChI is InChI=1S/C23H27ClN4O/c1-18-8-10-19(11-9-18)23(29)28(15-14-26(2)3)17-22-25-12-13-27(22)16-20-6-4-5-7-21(20)24/h4-13H,14-17H2,1-3H3. The first-order valence-corrected chi connectivity index (χ1v) is 10.1. The van der Waals surface area contributed by atoms with Crippen molar-refractivity contribution in [3.8, 4) is 0 Å². The van der Waals surface area contributed by atoms with Gasteiger partial charge in [0.15, 0.2) is 0 Å². The summed E-state index contributed by atoms with van der Waals surface area (Å²) < 4.78 is 2.05. The van der Waals surface area contributed by atoms with Gasteiger partial charge in [0, 0.05) is 36.1 Å². The molecule has 1 heterocycles. The number of aryl methyl sites for hydroxylation is 1. The lowest BCUT2D eigenvalue weighted by Gasteiger charge is -2.25. The number of aromatic nitrogens is 2. The van der Waals surface area contributed by atoms with E-state index in [9.17, 15) is 4.79 Å². The van der Waals surface area contributed by atoms with Gasteiger partial charge in [-0.2, -0.15) is 0 Å². The monoisotopic (exact) mass is 410 g/mol. The van der Waals surface area contributed by atoms with Crippen LogP contribution in [0.2, 0.25) is 5.02 Å². The fourth-order valence-corrected chi connectivity index (χ4v) is 3.26. The third kappa shape index (κ3) is 5.68. The van der Waals surface area contributed by atoms with Gasteiger partial charge in [-0.15, -0.1) is 0 Å². The number of imidazole rings is 1. The van der Waals surface area contributed by atoms with Crippen molar-refractivity contribution in [3.05, 3.63) is 88.5 Å². The molecule has 5 nitrogen and oxygen atoms in total. The van der Waals surface area contributed by atoms with Crippen molar-refractivity contribution in [2.75, 3.05) is 27.2 Å². The molecule has 1 aromatic heterocycles. The first-order valence-electron chi connectivity index (χ1n) is 9.68. The molecule has 0 bridgehead atoms. The van der Waals surface area contributed by atoms with Crippen LogP contribution in [0.15, 0.2) is 60.9 Å². The van der Waals surface area contributed by atoms with Crippen LogP contribution in [-0.2, 0) is 13.1 Å². The molecule has 0 aliphatic heterocycles. The van der Waals surface area contributed by atoms with Crippen molar-refractivity contribution < 1.29 is 4.79 Å². The molecule has 0 saturated heterocycles. The number of amides is 1. The third-order valence-corrected chi connectivity index (χ3v) is 5.20. The third-order valence-electron chi connectivity index (χ3n) is 4.84. The lowest BCUT2D eigenvalue weighted by Crippen LogP contribution is -2.37. The highest BCUT2D eigenvalue weighted by Gasteiger charge is 2.19. The normalized spacial score (nSPS) is 11.1. The number of hydrogen-bond acceptors (Lipinski definition) is 3. The molecule has 0 unspecified atom stereocenters. The Morgan fingerprint density at radius 3 is 2.48 bits per heavy atom. The summed E-state index contributed by atoms with van der Waals surface area (Å²) in [4.78, 5) is 21.6. The Morgan fingerprint density at radius 1 is 1.07 bits per heavy atom. The van der Waals surface area contributed by atoms with Crippen molar-refractivity contribution in [1.29, 1.82) is 0 Å². The van der Waals surface area contributed by atoms with Gasteiger partial charge in [0.1, 0.15) is 5.82 Å². The summed E-state index contributed by atoms with van der Waals surface area (Å²) in [5, 5.41) is 0.729. The van der Waals surface area contributed by atoms with Gasteiger partial charge in [-0.05, 0) is 44.8 Å². The second-order valence-electron chi connectivity index (χ2n) is 7.46. The molecular weight excluding hydrogens is 384 g/mol. The molecule has 1 amide bonds. The molecular formula is C23H27ClN4O. The molecule has 6 heteroatoms. The van der Waals surface area contributed by atoms with E-state index in [0.29, 0.717) is 25.2 Å². The van der Waals surface area contributed by atoms with Gasteiger partial charge < -0.3 is 14.4 Å². The van der Waals surface area contributed by atoms with Gasteiger partial charge in [0.2, 0.25) is 0 Å². The Bertz CT molecular complexity index is 950. The molecule has 0 atom stereocenters. The van der Waals surface area contributed by atoms with E-state index >= 15 is 0 Å². The molecule has 0 spiro atoms. The zero-order chi connectivity index (χ0) is 20.8. The van der Waals surface area contributed by atoms with Crippen LogP contribution in [-0.4, -0.2) is 52.4 Å². The van der Waals surface area contributed by atoms with Gasteiger partial charge in [0.05, 0.1) is 13.1 Å². The number of hydrogen-bond donors (Lipinski definition) is 0. The van der Waals surface area contributed by atoms with Gasteiger partial charge in [-0.25, -0.2) is 4.98 Å². The smallest absolute Gasteiger partial charge is 0.254 e. The molecule has 0 fully saturated rings. The summed E-state index contributed by atoms with van der Waals surface area (Å²) in [7, 11) is 4.01. The van der Waals surface area contributed by atoms with E-state index in [4.69, 9.17) is 11.6 Å². The summed E-state index contributed by atoms with van der Waals surface area (Å²) >= 11 is 6.32. The van der Waals surface area contributed by atoms with E-state index in [2.05, 4.69) is 9.88 Å². The van der Waals surface area contributed by atoms with E-state index in [-0.39, 0.29) is 5.91 Å². The summed E-state index contributed by atoms with van der Waals surface area (Å²) in [6, 6.07) is 15.5. The van der Waals surface area contributed by atoms with E-state index in [1.165, 1.54) is 0 Å². The van der Waals surface area contributed by atoms with Crippen molar-refractivity contribution in [3.63, 3.8) is 0 Å². The maximum atomic E-state index is 13.2. The quantitative estimate of drug-likeness (QED) is 0.561. The number of rotatable bonds is 8. The number of nitrogens with zero attached hydrogens (tertiary/aromatic N) is 4. The molecule has 29 heavy (non-hydrogen) atoms. The van der Waals surface area contributed by atoms with Crippen molar-refractivity contribution >= 4 is 17.5 Å². The minimum absolute atomic E-state index is 0.0131. The molecule has 3 rings (SSSR count). The molecule has 0 saturated carbocycles. The predicted molar refractivity (Wildman–Crippen MR) is 117 cm³/mol. The number of likely N-dealkylation sites (N-methyl/N-ethyl adjacent to an activating group) is 1. The Hall–Kier alpha value is -2.63. The van der Waals surface area contributed by atoms with Crippen LogP contribution in [0.4, 0.5) is 0 Å². The zero-order valence-corrected chi connectivity index (χ0v) is 17.9. The van der Waals surface area contributed by atoms with Crippen LogP contribution < -0.4 is 0 Å². The maximum absolute atomic E-state index is 13.2. The van der Waals surface area contributed by atoms with E-state index in [0.717, 1.165) is 28.5 Å². The van der Waals surface area contributed by atoms with Gasteiger partial charge in [0.25, 0.3) is 5.91 Å². The van der Waals surface area contributed by atoms with Gasteiger partial charge in [-0.1, -0.05) is 47.5 Å². The summed E-state index contributed by atoms with van der Waals surface area (Å²) in [6.45, 7) is 4.48. The van der Waals surface area contributed by atoms with Crippen molar-refractivity contribution in [2.45, 2.75) is 20.0 Å². The fraction of sp³-hybridized carbons (Fsp3) is 0.304. The van der Waals surface area contributed by atoms with Gasteiger partial charge >= 0.3 is 0 Å². The Morgan fingerprint density at radius 2 is 1.79 bits per heavy atom. The lowest BCUT2D eigenvalue weighted by molar-refractivity contribution is 0.0726. The van der Waals surface area contributed by atoms with Crippen molar-refractivity contribution in [2.24, 2.45) is 0 Å². The summed E-state index contributed by atoms with van der Waals surface area (Å²) in [6.07, 6.45) is 3.70. The van der Waals surface area contributed by atoms with Crippen LogP contribution in [0, 0.1) is 6.92 Å². The first-order chi connectivity index (χ1) is 13.9. The first kappa shape index (κ1) is 21.1. The molecule has 3 aromatic rings. The number of carbonyl (C=O) groups is 1. The SMILES string of the molecule is Cc1ccc(C(=O)N(CCN(C)C)Cc2nccn2Cc2ccccc2Cl)cc1. The van der Waals surface area contributed by atoms with E-state index < -0.39 is 0 Å². The molecule has 152 valence electrons. The van der Waals surface area contributed by atoms with E-state index in [1.807, 2.05) is 85.2 Å². The molecule has 0 aliphatic carbocycles. The lowest BCUT2D eigenvalue weighted by atomic mass is 10.1. The van der Waals surface area contributed by atoms with Crippen LogP contribution in [0.25, 0.3) is 0 Å². The highest BCUT2D eigenvalue weighted by molar-refractivity contribution is 6.31. The summed E-state index contributed by atoms with van der Waals surface area (Å²) in [5.74, 6) is 0.850. The van der Waals surface area contributed by atoms with Gasteiger partial charge in [-0.3, -0.25) is 4.79 Å². The van der Waals surface area contributed by atoms with Crippen LogP contribution in [0.3, 0.4) is 0 Å². The molecule has 0 radical (unpaired) electrons. The second kappa shape index (κ2) is 9.72. The second-order valence-corrected chi connectivity index (χ2v) is 7.87. The number of halogens is 1. The Balaban J connectivity index is 1.81. The highest BCUT2D eigenvalue weighted by Crippen LogP contribution is 2.18. The van der Waals surface area contributed by atoms with Crippen molar-refractivity contribution in [1.82, 2.24) is 19.4 Å². The topological polar surface area (TPSA) is 41.4 Å². The Kier molecular flexibility index (Phi) is 7.07. The summed E-state index contributed by atoms with van der Waals surface area (Å²) in [5.41, 5.74) is 2.85. The maximum Gasteiger partial charge on any atom is 0.254 e. The average Bonchev–Trinajstić information content (AvgIpc) is 3.13. The Labute approximate surface area is 177 Å². The predicted octanol–water partition coefficient (Wildman–Crippen LogP) is 4.10. The molecule has 0 aliphatic rings. The highest BCUT2D eigenvalue weighted by atomic mass is 35.5. The largest absolute Gasteiger partial charge is 0.330 e. The molecule has 2 aromatic carbocycles. The van der Waals surface area contributed by atoms with Crippen LogP contribution in [0.5, 0.6) is 0 Å². The van der Waals surface area contributed by atoms with Crippen LogP contribution in [0.1, 0.15) is 27.3 Å². The minimum Gasteiger partial charge on any atom is -0.330 e. The number of carbonyl (C=O) groups excluding carboxylic acids is 1. The minimum atomic E-state index is 0.0131. The number of benzene rings is 2.